The van der Waals surface area contributed by atoms with Crippen molar-refractivity contribution >= 4 is 160 Å². The Labute approximate surface area is 737 Å². The number of hydrogen-bond acceptors (Lipinski definition) is 27. The summed E-state index contributed by atoms with van der Waals surface area (Å²) in [4.78, 5) is 193. The van der Waals surface area contributed by atoms with Crippen LogP contribution in [0, 0.1) is 28.6 Å². The van der Waals surface area contributed by atoms with Crippen molar-refractivity contribution in [3.63, 3.8) is 0 Å². The quantitative estimate of drug-likeness (QED) is 0.00733. The molecule has 1 aliphatic rings. The second-order valence-electron chi connectivity index (χ2n) is 31.2. The Balaban J connectivity index is 1.25. The summed E-state index contributed by atoms with van der Waals surface area (Å²) in [5.74, 6) is -10.4. The first-order valence-electron chi connectivity index (χ1n) is 41.8. The number of aliphatic hydroxyl groups excluding tert-OH is 1. The van der Waals surface area contributed by atoms with E-state index >= 15 is 0 Å². The van der Waals surface area contributed by atoms with Crippen LogP contribution in [0.25, 0.3) is 21.1 Å². The smallest absolute Gasteiger partial charge is 0.480 e. The first-order valence-corrected chi connectivity index (χ1v) is 46.1. The number of aliphatic carboxylic acids is 1. The number of nitrogens with zero attached hydrogens (tertiary/aromatic N) is 2. The normalized spacial score (nSPS) is 15.2. The number of thiazole rings is 1. The topological polar surface area (TPSA) is 670 Å². The number of para-hydroxylation sites is 1. The standard InChI is InChI=1S/C80H127N23O17S4/c1-43(2)37-57(92-62(105)28-36-123-122-35-18-34-119-80(118)120-48-26-27-51-61(40-48)124-76(100-51)75-101-60(42-121-75)77(116)117)70(111)96-54(23-12-15-31-83)69(110)103-64(46(7)104)74(115)97-56(25-17-33-90-79(87)88)68(109)102-63(45(5)6)73(114)99-58(38-44(3)4)71(112)95-53(22-11-14-30-82)66(107)94-55(24-16-32-89-78(85)86)67(108)98-59(39-47-41-91-50-20-9-8-19-49(47)50)72(113)93-52(65(84)106)21-10-13-29-81/h8-9,19-20,26-27,40-41,43-46,52-60,63-64,91,104H,10-18,21-25,28-39,42,81-83H2,1-7H3,(H2,84,106)(H,92,105)(H,93,113)(H,94,107)(H,95,112)(H,96,111)(H,97,115)(H,98,108)(H,99,114)(H,102,109)(H,103,110)(H,116,117)(H4,85,86,89)(H4,87,88,90)/t46-,52+,53+,54+,55+,56+,57+,58+,59+,60-,63+,64+/m1/s1. The maximum atomic E-state index is 14.8. The number of primary amides is 1. The molecule has 0 spiro atoms. The second-order valence-corrected chi connectivity index (χ2v) is 36.0. The van der Waals surface area contributed by atoms with Crippen LogP contribution >= 0.6 is 44.7 Å². The van der Waals surface area contributed by atoms with Gasteiger partial charge in [-0.15, -0.1) is 23.1 Å². The van der Waals surface area contributed by atoms with Crippen molar-refractivity contribution in [3.8, 4) is 5.75 Å². The van der Waals surface area contributed by atoms with Gasteiger partial charge in [0.1, 0.15) is 76.2 Å². The van der Waals surface area contributed by atoms with Crippen LogP contribution in [0.15, 0.2) is 53.7 Å². The average molecular weight is 1810 g/mol. The molecule has 2 aromatic heterocycles. The van der Waals surface area contributed by atoms with Gasteiger partial charge < -0.3 is 123 Å². The Morgan fingerprint density at radius 2 is 1.02 bits per heavy atom. The maximum absolute atomic E-state index is 14.8. The molecule has 0 radical (unpaired) electrons. The number of nitrogens with two attached hydrogens (primary N) is 6. The molecule has 0 unspecified atom stereocenters. The number of amides is 11. The fourth-order valence-electron chi connectivity index (χ4n) is 13.0. The van der Waals surface area contributed by atoms with E-state index in [0.717, 1.165) is 10.9 Å². The number of unbranched alkanes of at least 4 members (excludes halogenated alkanes) is 3. The zero-order valence-electron chi connectivity index (χ0n) is 71.4. The van der Waals surface area contributed by atoms with E-state index in [9.17, 15) is 72.5 Å². The highest BCUT2D eigenvalue weighted by atomic mass is 33.1. The molecule has 1 aliphatic heterocycles. The van der Waals surface area contributed by atoms with E-state index in [1.54, 1.807) is 58.2 Å². The number of thioether (sulfide) groups is 1. The average Bonchev–Trinajstić information content (AvgIpc) is 1.65. The Bertz CT molecular complexity index is 4250. The number of carbonyl (C=O) groups is 13. The number of guanidine groups is 2. The summed E-state index contributed by atoms with van der Waals surface area (Å²) in [5, 5.41) is 70.2. The molecule has 4 aromatic rings. The molecule has 124 heavy (non-hydrogen) atoms. The highest BCUT2D eigenvalue weighted by molar-refractivity contribution is 8.76. The molecule has 5 rings (SSSR count). The Morgan fingerprint density at radius 1 is 0.556 bits per heavy atom. The van der Waals surface area contributed by atoms with Crippen LogP contribution < -0.4 is 103 Å². The van der Waals surface area contributed by atoms with Gasteiger partial charge in [-0.05, 0) is 171 Å². The lowest BCUT2D eigenvalue weighted by atomic mass is 9.98. The molecule has 0 aliphatic carbocycles. The summed E-state index contributed by atoms with van der Waals surface area (Å²) in [7, 11) is 2.83. The molecular formula is C80H127N23O17S4. The van der Waals surface area contributed by atoms with Crippen LogP contribution in [0.3, 0.4) is 0 Å². The fraction of sp³-hybridized carbons (Fsp3) is 0.613. The van der Waals surface area contributed by atoms with Gasteiger partial charge in [0.15, 0.2) is 18.0 Å². The number of carboxylic acids is 1. The van der Waals surface area contributed by atoms with Crippen molar-refractivity contribution in [2.24, 2.45) is 57.1 Å². The van der Waals surface area contributed by atoms with Crippen molar-refractivity contribution < 1.29 is 82.0 Å². The van der Waals surface area contributed by atoms with E-state index in [4.69, 9.17) is 54.7 Å². The molecule has 11 amide bonds. The predicted molar refractivity (Wildman–Crippen MR) is 479 cm³/mol. The van der Waals surface area contributed by atoms with Crippen molar-refractivity contribution in [2.45, 2.75) is 237 Å². The highest BCUT2D eigenvalue weighted by Gasteiger charge is 2.39. The Kier molecular flexibility index (Phi) is 46.5. The SMILES string of the molecule is CC(C)C[C@H](NC(=O)CCSSCCCOC(=O)Oc1ccc2nc(C3=N[C@@H](C(=O)O)CS3)sc2c1)C(=O)N[C@@H](CCCCN)C(=O)N[C@H](C(=O)N[C@@H](CCCNC(=N)N)C(=O)N[C@H](C(=O)N[C@@H](CC(C)C)C(=O)N[C@@H](CCCCN)C(=O)N[C@@H](CCCNC(=N)N)C(=O)N[C@@H](Cc1c[nH]c2ccccc12)C(=O)N[C@@H](CCCCN)C(N)=O)C(C)C)[C@@H](C)O. The number of ether oxygens (including phenoxy) is 2. The molecule has 40 nitrogen and oxygen atoms in total. The van der Waals surface area contributed by atoms with Gasteiger partial charge in [0.2, 0.25) is 65.0 Å². The monoisotopic (exact) mass is 1810 g/mol. The summed E-state index contributed by atoms with van der Waals surface area (Å²) in [5.41, 5.74) is 36.3. The molecule has 12 atom stereocenters. The number of aliphatic imine (C=N–C) groups is 1. The third-order valence-electron chi connectivity index (χ3n) is 19.5. The van der Waals surface area contributed by atoms with Gasteiger partial charge in [-0.1, -0.05) is 81.3 Å². The van der Waals surface area contributed by atoms with Crippen LogP contribution in [0.2, 0.25) is 0 Å². The van der Waals surface area contributed by atoms with Gasteiger partial charge in [-0.3, -0.25) is 68.6 Å². The molecule has 0 saturated carbocycles. The number of fused-ring (bicyclic) bond motifs is 2. The number of carbonyl (C=O) groups excluding carboxylic acids is 12. The molecule has 0 fully saturated rings. The summed E-state index contributed by atoms with van der Waals surface area (Å²) < 4.78 is 11.4. The molecule has 44 heteroatoms. The molecule has 2 aromatic carbocycles. The van der Waals surface area contributed by atoms with Crippen molar-refractivity contribution in [1.82, 2.24) is 73.8 Å². The van der Waals surface area contributed by atoms with Crippen LogP contribution in [0.1, 0.15) is 168 Å². The predicted octanol–water partition coefficient (Wildman–Crippen LogP) is 1.02. The number of benzene rings is 2. The minimum atomic E-state index is -1.77. The minimum absolute atomic E-state index is 0.00515. The molecule has 0 bridgehead atoms. The number of nitrogens with one attached hydrogen (secondary N) is 15. The first kappa shape index (κ1) is 104. The molecule has 688 valence electrons. The van der Waals surface area contributed by atoms with E-state index in [1.165, 1.54) is 51.6 Å². The number of H-pyrrole nitrogens is 1. The number of hydrogen-bond donors (Lipinski definition) is 23. The van der Waals surface area contributed by atoms with Crippen LogP contribution in [0.5, 0.6) is 5.75 Å². The first-order chi connectivity index (χ1) is 59.0. The fourth-order valence-corrected chi connectivity index (χ4v) is 17.1. The van der Waals surface area contributed by atoms with Crippen molar-refractivity contribution in [2.75, 3.05) is 56.6 Å². The van der Waals surface area contributed by atoms with Gasteiger partial charge in [0.05, 0.1) is 22.9 Å². The maximum Gasteiger partial charge on any atom is 0.513 e. The van der Waals surface area contributed by atoms with Gasteiger partial charge >= 0.3 is 12.1 Å². The lowest BCUT2D eigenvalue weighted by Gasteiger charge is -2.30. The number of aromatic nitrogens is 2. The van der Waals surface area contributed by atoms with E-state index in [0.29, 0.717) is 94.6 Å². The second kappa shape index (κ2) is 55.3. The Morgan fingerprint density at radius 3 is 1.54 bits per heavy atom. The minimum Gasteiger partial charge on any atom is -0.480 e. The molecule has 0 saturated heterocycles. The molecular weight excluding hydrogens is 1680 g/mol. The van der Waals surface area contributed by atoms with E-state index in [1.807, 2.05) is 32.0 Å². The number of aliphatic hydroxyl groups is 1. The third kappa shape index (κ3) is 37.4. The summed E-state index contributed by atoms with van der Waals surface area (Å²) in [6.45, 7) is 12.6. The Hall–Kier alpha value is -10.1. The number of carboxylic acid groups (broad SMARTS) is 1. The lowest BCUT2D eigenvalue weighted by Crippen LogP contribution is -2.62. The number of aromatic amines is 1. The van der Waals surface area contributed by atoms with Gasteiger partial charge in [0.25, 0.3) is 0 Å². The highest BCUT2D eigenvalue weighted by Crippen LogP contribution is 2.32. The van der Waals surface area contributed by atoms with Crippen LogP contribution in [-0.4, -0.2) is 243 Å². The van der Waals surface area contributed by atoms with E-state index < -0.39 is 162 Å². The summed E-state index contributed by atoms with van der Waals surface area (Å²) >= 11 is 2.60. The van der Waals surface area contributed by atoms with Crippen molar-refractivity contribution in [1.29, 1.82) is 10.8 Å². The summed E-state index contributed by atoms with van der Waals surface area (Å²) in [6, 6.07) is -2.44. The van der Waals surface area contributed by atoms with Gasteiger partial charge in [-0.2, -0.15) is 0 Å². The van der Waals surface area contributed by atoms with E-state index in [2.05, 4.69) is 78.8 Å². The van der Waals surface area contributed by atoms with E-state index in [-0.39, 0.29) is 127 Å². The van der Waals surface area contributed by atoms with Gasteiger partial charge in [0, 0.05) is 66.4 Å². The van der Waals surface area contributed by atoms with Gasteiger partial charge in [-0.25, -0.2) is 14.6 Å². The zero-order chi connectivity index (χ0) is 91.5. The summed E-state index contributed by atoms with van der Waals surface area (Å²) in [6.07, 6.45) is 2.25. The largest absolute Gasteiger partial charge is 0.513 e. The molecule has 3 heterocycles. The molecule has 29 N–H and O–H groups in total. The van der Waals surface area contributed by atoms with Crippen LogP contribution in [-0.2, 0) is 68.7 Å². The third-order valence-corrected chi connectivity index (χ3v) is 24.2. The van der Waals surface area contributed by atoms with Crippen LogP contribution in [0.4, 0.5) is 4.79 Å². The van der Waals surface area contributed by atoms with Crippen molar-refractivity contribution in [3.05, 3.63) is 59.2 Å². The zero-order valence-corrected chi connectivity index (χ0v) is 74.6. The number of rotatable bonds is 59. The lowest BCUT2D eigenvalue weighted by molar-refractivity contribution is -0.138.